The van der Waals surface area contributed by atoms with Gasteiger partial charge < -0.3 is 40.5 Å². The largest absolute Gasteiger partial charge is 0.478 e. The van der Waals surface area contributed by atoms with Gasteiger partial charge in [0.2, 0.25) is 5.69 Å². The Labute approximate surface area is 362 Å². The second-order valence-electron chi connectivity index (χ2n) is 15.4. The number of benzene rings is 4. The third-order valence-electron chi connectivity index (χ3n) is 10.7. The van der Waals surface area contributed by atoms with Gasteiger partial charge in [0.1, 0.15) is 11.3 Å². The lowest BCUT2D eigenvalue weighted by atomic mass is 9.87. The fourth-order valence-corrected chi connectivity index (χ4v) is 8.64. The number of anilines is 4. The van der Waals surface area contributed by atoms with E-state index in [9.17, 15) is 19.8 Å². The molecule has 0 atom stereocenters. The first-order chi connectivity index (χ1) is 29.7. The fourth-order valence-electron chi connectivity index (χ4n) is 7.53. The molecule has 62 heavy (non-hydrogen) atoms. The number of carboxylic acid groups (broad SMARTS) is 2. The Morgan fingerprint density at radius 1 is 0.613 bits per heavy atom. The summed E-state index contributed by atoms with van der Waals surface area (Å²) in [5.74, 6) is -1.86. The number of carbonyl (C=O) groups is 2. The van der Waals surface area contributed by atoms with Crippen LogP contribution in [0.5, 0.6) is 0 Å². The van der Waals surface area contributed by atoms with Crippen molar-refractivity contribution in [3.63, 3.8) is 0 Å². The minimum absolute atomic E-state index is 0.00266. The van der Waals surface area contributed by atoms with Crippen LogP contribution < -0.4 is 39.5 Å². The SMILES string of the molecule is CN(C)c1cc[n+](-c2c(Sc3ccc(C(=O)O)cc3)c(-[n+]3ccc(N(C)C)cc3)c(-[n+]3ccc(N(C)C)cc3)c(C(=O)O)c2-c2c3ccc(=N)cc-3oc3cc(N)ccc23)cc1. The Hall–Kier alpha value is -7.71. The molecule has 13 nitrogen and oxygen atoms in total. The summed E-state index contributed by atoms with van der Waals surface area (Å²) < 4.78 is 12.2. The van der Waals surface area contributed by atoms with Crippen LogP contribution in [0.1, 0.15) is 20.7 Å². The number of hydrogen-bond acceptors (Lipinski definition) is 9. The molecule has 0 saturated carbocycles. The van der Waals surface area contributed by atoms with Crippen LogP contribution in [0.4, 0.5) is 22.7 Å². The molecule has 0 saturated heterocycles. The van der Waals surface area contributed by atoms with Crippen molar-refractivity contribution in [1.29, 1.82) is 5.41 Å². The molecule has 0 spiro atoms. The number of rotatable bonds is 11. The summed E-state index contributed by atoms with van der Waals surface area (Å²) >= 11 is 1.39. The van der Waals surface area contributed by atoms with E-state index in [0.29, 0.717) is 66.0 Å². The van der Waals surface area contributed by atoms with Crippen molar-refractivity contribution in [2.45, 2.75) is 9.79 Å². The second kappa shape index (κ2) is 16.4. The van der Waals surface area contributed by atoms with E-state index >= 15 is 0 Å². The predicted octanol–water partition coefficient (Wildman–Crippen LogP) is 6.84. The topological polar surface area (TPSA) is 159 Å². The highest BCUT2D eigenvalue weighted by atomic mass is 32.2. The monoisotopic (exact) mass is 845 g/mol. The van der Waals surface area contributed by atoms with Gasteiger partial charge in [0.05, 0.1) is 16.5 Å². The molecule has 3 aromatic carbocycles. The van der Waals surface area contributed by atoms with Crippen LogP contribution in [0.2, 0.25) is 0 Å². The molecular formula is C48H45N8O5S+3. The zero-order valence-corrected chi connectivity index (χ0v) is 35.8. The number of pyridine rings is 3. The zero-order valence-electron chi connectivity index (χ0n) is 35.0. The van der Waals surface area contributed by atoms with Gasteiger partial charge in [0.15, 0.2) is 47.6 Å². The average molecular weight is 846 g/mol. The molecule has 310 valence electrons. The Morgan fingerprint density at radius 2 is 1.13 bits per heavy atom. The smallest absolute Gasteiger partial charge is 0.343 e. The normalized spacial score (nSPS) is 11.2. The number of aromatic nitrogens is 3. The third kappa shape index (κ3) is 7.63. The van der Waals surface area contributed by atoms with E-state index in [1.165, 1.54) is 11.8 Å². The minimum Gasteiger partial charge on any atom is -0.478 e. The molecule has 3 aromatic heterocycles. The molecule has 14 heteroatoms. The Morgan fingerprint density at radius 3 is 1.63 bits per heavy atom. The quantitative estimate of drug-likeness (QED) is 0.0617. The van der Waals surface area contributed by atoms with E-state index in [4.69, 9.17) is 15.6 Å². The Kier molecular flexibility index (Phi) is 10.8. The molecule has 2 aliphatic rings. The highest BCUT2D eigenvalue weighted by molar-refractivity contribution is 7.99. The number of hydrogen-bond donors (Lipinski definition) is 4. The highest BCUT2D eigenvalue weighted by Crippen LogP contribution is 2.49. The van der Waals surface area contributed by atoms with E-state index in [1.807, 2.05) is 150 Å². The summed E-state index contributed by atoms with van der Waals surface area (Å²) in [6.45, 7) is 0. The summed E-state index contributed by atoms with van der Waals surface area (Å²) in [5.41, 5.74) is 13.1. The first kappa shape index (κ1) is 41.0. The molecule has 8 rings (SSSR count). The first-order valence-electron chi connectivity index (χ1n) is 19.6. The zero-order chi connectivity index (χ0) is 44.0. The van der Waals surface area contributed by atoms with Crippen molar-refractivity contribution >= 4 is 57.4 Å². The predicted molar refractivity (Wildman–Crippen MR) is 241 cm³/mol. The summed E-state index contributed by atoms with van der Waals surface area (Å²) in [6.07, 6.45) is 11.4. The van der Waals surface area contributed by atoms with Crippen LogP contribution in [-0.4, -0.2) is 64.4 Å². The van der Waals surface area contributed by atoms with Crippen molar-refractivity contribution in [3.05, 3.63) is 151 Å². The number of nitrogens with one attached hydrogen (secondary N) is 1. The maximum Gasteiger partial charge on any atom is 0.343 e. The van der Waals surface area contributed by atoms with Gasteiger partial charge in [-0.2, -0.15) is 13.7 Å². The maximum atomic E-state index is 14.6. The molecule has 4 heterocycles. The number of carboxylic acids is 2. The molecule has 5 N–H and O–H groups in total. The van der Waals surface area contributed by atoms with Crippen LogP contribution >= 0.6 is 11.8 Å². The minimum atomic E-state index is -1.19. The number of fused-ring (bicyclic) bond motifs is 2. The molecule has 0 fully saturated rings. The summed E-state index contributed by atoms with van der Waals surface area (Å²) in [5, 5.41) is 31.1. The fraction of sp³-hybridized carbons (Fsp3) is 0.125. The first-order valence-corrected chi connectivity index (χ1v) is 20.4. The van der Waals surface area contributed by atoms with E-state index < -0.39 is 11.9 Å². The van der Waals surface area contributed by atoms with Gasteiger partial charge in [-0.15, -0.1) is 0 Å². The lowest BCUT2D eigenvalue weighted by Gasteiger charge is -2.21. The molecule has 0 unspecified atom stereocenters. The molecule has 1 aliphatic heterocycles. The highest BCUT2D eigenvalue weighted by Gasteiger charge is 2.44. The van der Waals surface area contributed by atoms with Gasteiger partial charge in [-0.3, -0.25) is 0 Å². The number of nitrogen functional groups attached to an aromatic ring is 1. The molecular weight excluding hydrogens is 801 g/mol. The average Bonchev–Trinajstić information content (AvgIpc) is 3.25. The molecule has 0 bridgehead atoms. The Bertz CT molecular complexity index is 3040. The second-order valence-corrected chi connectivity index (χ2v) is 16.5. The van der Waals surface area contributed by atoms with E-state index in [0.717, 1.165) is 17.1 Å². The molecule has 6 aromatic rings. The maximum absolute atomic E-state index is 14.6. The molecule has 0 amide bonds. The van der Waals surface area contributed by atoms with Gasteiger partial charge in [-0.05, 0) is 48.5 Å². The third-order valence-corrected chi connectivity index (χ3v) is 11.8. The number of nitrogens with zero attached hydrogens (tertiary/aromatic N) is 6. The summed E-state index contributed by atoms with van der Waals surface area (Å²) in [7, 11) is 11.7. The van der Waals surface area contributed by atoms with E-state index in [1.54, 1.807) is 54.6 Å². The lowest BCUT2D eigenvalue weighted by Crippen LogP contribution is -2.43. The van der Waals surface area contributed by atoms with Gasteiger partial charge in [-0.25, -0.2) is 9.59 Å². The van der Waals surface area contributed by atoms with E-state index in [-0.39, 0.29) is 16.5 Å². The van der Waals surface area contributed by atoms with Crippen molar-refractivity contribution in [2.24, 2.45) is 0 Å². The van der Waals surface area contributed by atoms with Crippen LogP contribution in [0.25, 0.3) is 50.5 Å². The lowest BCUT2D eigenvalue weighted by molar-refractivity contribution is -0.637. The van der Waals surface area contributed by atoms with Crippen LogP contribution in [0.3, 0.4) is 0 Å². The van der Waals surface area contributed by atoms with Crippen molar-refractivity contribution in [1.82, 2.24) is 0 Å². The molecule has 0 radical (unpaired) electrons. The van der Waals surface area contributed by atoms with Gasteiger partial charge >= 0.3 is 17.6 Å². The van der Waals surface area contributed by atoms with Crippen molar-refractivity contribution < 1.29 is 37.9 Å². The van der Waals surface area contributed by atoms with Crippen molar-refractivity contribution in [2.75, 3.05) is 62.7 Å². The standard InChI is InChI=1S/C48H42N8O5S/c1-51(2)32-15-21-54(22-16-32)43-42(48(59)60)41(40-36-13-9-30(49)27-38(36)61-39-28-31(50)10-14-37(39)40)44(55-23-17-33(18-24-55)52(3)4)46(62-35-11-7-29(8-12-35)47(57)58)45(43)56-25-19-34(20-26-56)53(5)6/h7-28H,1-6H3,(H2-3,49,50,57,58,59,60)/p+3. The summed E-state index contributed by atoms with van der Waals surface area (Å²) in [6, 6.07) is 28.7. The van der Waals surface area contributed by atoms with Gasteiger partial charge in [0, 0.05) is 135 Å². The van der Waals surface area contributed by atoms with Crippen LogP contribution in [0.15, 0.2) is 148 Å². The number of nitrogens with two attached hydrogens (primary N) is 1. The van der Waals surface area contributed by atoms with Gasteiger partial charge in [-0.1, -0.05) is 11.8 Å². The van der Waals surface area contributed by atoms with Crippen LogP contribution in [0, 0.1) is 5.41 Å². The Balaban J connectivity index is 1.66. The molecule has 1 aliphatic carbocycles. The number of aromatic carboxylic acids is 2. The van der Waals surface area contributed by atoms with Crippen LogP contribution in [-0.2, 0) is 0 Å². The van der Waals surface area contributed by atoms with Gasteiger partial charge in [0.25, 0.3) is 5.69 Å². The van der Waals surface area contributed by atoms with E-state index in [2.05, 4.69) is 0 Å². The summed E-state index contributed by atoms with van der Waals surface area (Å²) in [4.78, 5) is 33.9. The van der Waals surface area contributed by atoms with Crippen molar-refractivity contribution in [3.8, 4) is 39.5 Å².